The third kappa shape index (κ3) is 3.46. The Kier molecular flexibility index (Phi) is 4.99. The molecule has 2 aromatic carbocycles. The Labute approximate surface area is 173 Å². The van der Waals surface area contributed by atoms with Crippen LogP contribution >= 0.6 is 0 Å². The molecule has 4 aromatic rings. The number of pyridine rings is 1. The number of hydrogen-bond acceptors (Lipinski definition) is 2. The fourth-order valence-corrected chi connectivity index (χ4v) is 4.05. The van der Waals surface area contributed by atoms with E-state index in [1.165, 1.54) is 22.3 Å². The van der Waals surface area contributed by atoms with E-state index in [9.17, 15) is 0 Å². The molecule has 2 heterocycles. The average molecular weight is 386 g/mol. The summed E-state index contributed by atoms with van der Waals surface area (Å²) < 4.78 is 8.50. The molecule has 0 bridgehead atoms. The van der Waals surface area contributed by atoms with Gasteiger partial charge in [0.1, 0.15) is 7.05 Å². The van der Waals surface area contributed by atoms with Gasteiger partial charge < -0.3 is 4.42 Å². The lowest BCUT2D eigenvalue weighted by atomic mass is 9.88. The topological polar surface area (TPSA) is 29.9 Å². The molecule has 0 saturated heterocycles. The molecule has 148 valence electrons. The summed E-state index contributed by atoms with van der Waals surface area (Å²) in [4.78, 5) is 4.90. The van der Waals surface area contributed by atoms with Gasteiger partial charge in [-0.1, -0.05) is 64.1 Å². The molecule has 0 fully saturated rings. The molecular formula is C26H29N2O+. The average Bonchev–Trinajstić information content (AvgIpc) is 3.09. The van der Waals surface area contributed by atoms with Gasteiger partial charge in [0.05, 0.1) is 6.07 Å². The first kappa shape index (κ1) is 19.4. The minimum Gasteiger partial charge on any atom is -0.436 e. The Morgan fingerprint density at radius 3 is 2.17 bits per heavy atom. The van der Waals surface area contributed by atoms with Crippen LogP contribution < -0.4 is 4.57 Å². The number of benzene rings is 2. The van der Waals surface area contributed by atoms with Crippen molar-refractivity contribution in [1.82, 2.24) is 4.98 Å². The lowest BCUT2D eigenvalue weighted by molar-refractivity contribution is -0.659. The van der Waals surface area contributed by atoms with Crippen molar-refractivity contribution in [3.8, 4) is 22.7 Å². The monoisotopic (exact) mass is 385 g/mol. The molecule has 0 aliphatic heterocycles. The van der Waals surface area contributed by atoms with Crippen LogP contribution in [0.3, 0.4) is 0 Å². The molecule has 0 aliphatic rings. The number of aromatic nitrogens is 2. The van der Waals surface area contributed by atoms with Crippen molar-refractivity contribution in [3.05, 3.63) is 71.4 Å². The van der Waals surface area contributed by atoms with Gasteiger partial charge in [-0.15, -0.1) is 0 Å². The summed E-state index contributed by atoms with van der Waals surface area (Å²) in [7, 11) is 2.07. The number of oxazole rings is 1. The van der Waals surface area contributed by atoms with Gasteiger partial charge in [0.2, 0.25) is 11.6 Å². The molecule has 0 spiro atoms. The lowest BCUT2D eigenvalue weighted by Crippen LogP contribution is -2.30. The van der Waals surface area contributed by atoms with Crippen LogP contribution in [-0.4, -0.2) is 4.98 Å². The van der Waals surface area contributed by atoms with Crippen molar-refractivity contribution in [1.29, 1.82) is 0 Å². The summed E-state index contributed by atoms with van der Waals surface area (Å²) >= 11 is 0. The maximum absolute atomic E-state index is 6.37. The second-order valence-corrected chi connectivity index (χ2v) is 8.47. The first-order valence-electron chi connectivity index (χ1n) is 10.4. The van der Waals surface area contributed by atoms with Crippen molar-refractivity contribution >= 4 is 11.1 Å². The lowest BCUT2D eigenvalue weighted by Gasteiger charge is -2.17. The summed E-state index contributed by atoms with van der Waals surface area (Å²) in [6, 6.07) is 17.1. The maximum atomic E-state index is 6.37. The van der Waals surface area contributed by atoms with E-state index in [1.807, 2.05) is 0 Å². The van der Waals surface area contributed by atoms with Gasteiger partial charge >= 0.3 is 0 Å². The third-order valence-electron chi connectivity index (χ3n) is 5.65. The largest absolute Gasteiger partial charge is 0.436 e. The highest BCUT2D eigenvalue weighted by molar-refractivity contribution is 5.80. The Hall–Kier alpha value is -2.94. The molecule has 0 saturated carbocycles. The van der Waals surface area contributed by atoms with Crippen LogP contribution in [0.2, 0.25) is 0 Å². The highest BCUT2D eigenvalue weighted by atomic mass is 16.3. The normalized spacial score (nSPS) is 11.7. The Balaban J connectivity index is 1.94. The number of rotatable bonds is 4. The summed E-state index contributed by atoms with van der Waals surface area (Å²) in [5.74, 6) is 1.52. The molecule has 3 nitrogen and oxygen atoms in total. The van der Waals surface area contributed by atoms with E-state index >= 15 is 0 Å². The Morgan fingerprint density at radius 1 is 0.897 bits per heavy atom. The number of hydrogen-bond donors (Lipinski definition) is 0. The highest BCUT2D eigenvalue weighted by Gasteiger charge is 2.22. The minimum atomic E-state index is 0.400. The molecular weight excluding hydrogens is 356 g/mol. The van der Waals surface area contributed by atoms with Crippen LogP contribution in [0.4, 0.5) is 0 Å². The van der Waals surface area contributed by atoms with E-state index in [-0.39, 0.29) is 0 Å². The first-order chi connectivity index (χ1) is 13.9. The number of fused-ring (bicyclic) bond motifs is 1. The molecule has 0 N–H and O–H groups in total. The fraction of sp³-hybridized carbons (Fsp3) is 0.308. The summed E-state index contributed by atoms with van der Waals surface area (Å²) in [6.45, 7) is 11.0. The van der Waals surface area contributed by atoms with E-state index in [2.05, 4.69) is 101 Å². The molecule has 0 aliphatic carbocycles. The van der Waals surface area contributed by atoms with Crippen molar-refractivity contribution in [2.45, 2.75) is 46.5 Å². The quantitative estimate of drug-likeness (QED) is 0.373. The van der Waals surface area contributed by atoms with Crippen molar-refractivity contribution < 1.29 is 8.98 Å². The Bertz CT molecular complexity index is 1160. The van der Waals surface area contributed by atoms with Crippen LogP contribution in [0.15, 0.2) is 59.1 Å². The number of aryl methyl sites for hydroxylation is 2. The standard InChI is InChI=1S/C26H29N2O/c1-16(2)19-12-9-13-20(17(3)4)25(19)26-27-22-15-28(6)23(14-24(22)29-26)21-11-8-7-10-18(21)5/h7-17H,1-6H3/q+1. The van der Waals surface area contributed by atoms with Gasteiger partial charge in [0.25, 0.3) is 0 Å². The molecule has 0 unspecified atom stereocenters. The van der Waals surface area contributed by atoms with Crippen molar-refractivity contribution in [2.24, 2.45) is 7.05 Å². The van der Waals surface area contributed by atoms with Gasteiger partial charge in [-0.05, 0) is 41.5 Å². The van der Waals surface area contributed by atoms with Crippen LogP contribution in [0, 0.1) is 6.92 Å². The molecule has 3 heteroatoms. The molecule has 0 radical (unpaired) electrons. The second kappa shape index (κ2) is 7.47. The smallest absolute Gasteiger partial charge is 0.228 e. The van der Waals surface area contributed by atoms with Crippen molar-refractivity contribution in [2.75, 3.05) is 0 Å². The molecule has 4 rings (SSSR count). The van der Waals surface area contributed by atoms with Crippen LogP contribution in [0.5, 0.6) is 0 Å². The Morgan fingerprint density at radius 2 is 1.55 bits per heavy atom. The predicted octanol–water partition coefficient (Wildman–Crippen LogP) is 6.54. The fourth-order valence-electron chi connectivity index (χ4n) is 4.05. The molecule has 29 heavy (non-hydrogen) atoms. The summed E-state index contributed by atoms with van der Waals surface area (Å²) in [5, 5.41) is 0. The molecule has 2 aromatic heterocycles. The first-order valence-corrected chi connectivity index (χ1v) is 10.4. The van der Waals surface area contributed by atoms with E-state index in [0.717, 1.165) is 28.2 Å². The molecule has 0 atom stereocenters. The minimum absolute atomic E-state index is 0.400. The van der Waals surface area contributed by atoms with Gasteiger partial charge in [0.15, 0.2) is 17.3 Å². The van der Waals surface area contributed by atoms with Crippen molar-refractivity contribution in [3.63, 3.8) is 0 Å². The van der Waals surface area contributed by atoms with Gasteiger partial charge in [-0.2, -0.15) is 4.57 Å². The highest BCUT2D eigenvalue weighted by Crippen LogP contribution is 2.37. The van der Waals surface area contributed by atoms with Gasteiger partial charge in [-0.25, -0.2) is 4.98 Å². The summed E-state index contributed by atoms with van der Waals surface area (Å²) in [6.07, 6.45) is 2.07. The third-order valence-corrected chi connectivity index (χ3v) is 5.65. The zero-order valence-corrected chi connectivity index (χ0v) is 18.2. The van der Waals surface area contributed by atoms with Gasteiger partial charge in [-0.3, -0.25) is 0 Å². The SMILES string of the molecule is Cc1ccccc1-c1cc2oc(-c3c(C(C)C)cccc3C(C)C)nc2c[n+]1C. The van der Waals surface area contributed by atoms with E-state index in [4.69, 9.17) is 9.40 Å². The van der Waals surface area contributed by atoms with Crippen LogP contribution in [0.25, 0.3) is 33.8 Å². The second-order valence-electron chi connectivity index (χ2n) is 8.47. The van der Waals surface area contributed by atoms with Crippen LogP contribution in [-0.2, 0) is 7.05 Å². The summed E-state index contributed by atoms with van der Waals surface area (Å²) in [5.41, 5.74) is 9.00. The molecule has 0 amide bonds. The zero-order chi connectivity index (χ0) is 20.7. The van der Waals surface area contributed by atoms with Gasteiger partial charge in [0, 0.05) is 11.1 Å². The van der Waals surface area contributed by atoms with E-state index in [0.29, 0.717) is 11.8 Å². The van der Waals surface area contributed by atoms with Crippen LogP contribution in [0.1, 0.15) is 56.2 Å². The van der Waals surface area contributed by atoms with E-state index in [1.54, 1.807) is 0 Å². The number of nitrogens with zero attached hydrogens (tertiary/aromatic N) is 2. The predicted molar refractivity (Wildman–Crippen MR) is 119 cm³/mol. The van der Waals surface area contributed by atoms with E-state index < -0.39 is 0 Å². The maximum Gasteiger partial charge on any atom is 0.228 e. The zero-order valence-electron chi connectivity index (χ0n) is 18.2.